The number of hydrogen-bond donors (Lipinski definition) is 1. The largest absolute Gasteiger partial charge is 0.367 e. The third-order valence-electron chi connectivity index (χ3n) is 3.05. The molecule has 2 aromatic carbocycles. The zero-order valence-electron chi connectivity index (χ0n) is 10.6. The molecule has 3 rings (SSSR count). The van der Waals surface area contributed by atoms with Gasteiger partial charge < -0.3 is 10.3 Å². The lowest BCUT2D eigenvalue weighted by Crippen LogP contribution is -1.91. The molecule has 0 spiro atoms. The Balaban J connectivity index is 2.25. The van der Waals surface area contributed by atoms with Crippen molar-refractivity contribution in [1.29, 1.82) is 0 Å². The third-order valence-corrected chi connectivity index (χ3v) is 3.36. The van der Waals surface area contributed by atoms with Crippen LogP contribution in [-0.4, -0.2) is 5.16 Å². The number of anilines is 1. The number of nitrogens with zero attached hydrogens (tertiary/aromatic N) is 1. The van der Waals surface area contributed by atoms with Gasteiger partial charge in [-0.05, 0) is 24.3 Å². The molecule has 1 aromatic heterocycles. The number of hydrogen-bond acceptors (Lipinski definition) is 3. The Hall–Kier alpha value is -2.40. The van der Waals surface area contributed by atoms with Crippen molar-refractivity contribution >= 4 is 17.5 Å². The van der Waals surface area contributed by atoms with E-state index in [2.05, 4.69) is 5.16 Å². The van der Waals surface area contributed by atoms with Gasteiger partial charge >= 0.3 is 0 Å². The predicted molar refractivity (Wildman–Crippen MR) is 76.7 cm³/mol. The van der Waals surface area contributed by atoms with Gasteiger partial charge in [-0.1, -0.05) is 35.0 Å². The van der Waals surface area contributed by atoms with Gasteiger partial charge in [0.15, 0.2) is 0 Å². The average molecular weight is 307 g/mol. The van der Waals surface area contributed by atoms with Crippen molar-refractivity contribution in [2.24, 2.45) is 0 Å². The molecule has 2 N–H and O–H groups in total. The van der Waals surface area contributed by atoms with E-state index >= 15 is 0 Å². The topological polar surface area (TPSA) is 52.0 Å². The molecule has 0 amide bonds. The maximum Gasteiger partial charge on any atom is 0.230 e. The highest BCUT2D eigenvalue weighted by Gasteiger charge is 2.21. The molecule has 0 aliphatic heterocycles. The molecule has 6 heteroatoms. The Morgan fingerprint density at radius 2 is 1.81 bits per heavy atom. The van der Waals surface area contributed by atoms with Crippen LogP contribution >= 0.6 is 11.6 Å². The number of rotatable bonds is 2. The lowest BCUT2D eigenvalue weighted by molar-refractivity contribution is 0.439. The second-order valence-electron chi connectivity index (χ2n) is 4.37. The van der Waals surface area contributed by atoms with E-state index in [-0.39, 0.29) is 22.2 Å². The van der Waals surface area contributed by atoms with Crippen LogP contribution in [0.3, 0.4) is 0 Å². The monoisotopic (exact) mass is 306 g/mol. The number of nitrogens with two attached hydrogens (primary N) is 1. The summed E-state index contributed by atoms with van der Waals surface area (Å²) in [6, 6.07) is 9.91. The Morgan fingerprint density at radius 1 is 1.05 bits per heavy atom. The maximum absolute atomic E-state index is 14.0. The first-order valence-corrected chi connectivity index (χ1v) is 6.41. The summed E-state index contributed by atoms with van der Waals surface area (Å²) in [6.07, 6.45) is 0. The summed E-state index contributed by atoms with van der Waals surface area (Å²) in [5, 5.41) is 3.96. The fraction of sp³-hybridized carbons (Fsp3) is 0. The molecule has 3 nitrogen and oxygen atoms in total. The standard InChI is InChI=1S/C15H9ClF2N2O/c16-11-7-8(17)5-6-9(11)14-13(15(19)21-20-14)10-3-1-2-4-12(10)18/h1-7H,19H2. The van der Waals surface area contributed by atoms with Gasteiger partial charge in [-0.15, -0.1) is 0 Å². The minimum atomic E-state index is -0.479. The van der Waals surface area contributed by atoms with Gasteiger partial charge in [0.05, 0.1) is 10.6 Å². The number of halogens is 3. The van der Waals surface area contributed by atoms with Gasteiger partial charge in [0, 0.05) is 11.1 Å². The summed E-state index contributed by atoms with van der Waals surface area (Å²) < 4.78 is 32.1. The predicted octanol–water partition coefficient (Wildman–Crippen LogP) is 4.52. The molecule has 3 aromatic rings. The van der Waals surface area contributed by atoms with Crippen molar-refractivity contribution in [3.05, 3.63) is 59.1 Å². The van der Waals surface area contributed by atoms with Crippen molar-refractivity contribution in [1.82, 2.24) is 5.16 Å². The van der Waals surface area contributed by atoms with Gasteiger partial charge in [0.2, 0.25) is 5.88 Å². The minimum Gasteiger partial charge on any atom is -0.367 e. The van der Waals surface area contributed by atoms with E-state index in [9.17, 15) is 8.78 Å². The first-order valence-electron chi connectivity index (χ1n) is 6.03. The molecule has 0 aliphatic rings. The number of aromatic nitrogens is 1. The van der Waals surface area contributed by atoms with Gasteiger partial charge in [-0.3, -0.25) is 0 Å². The van der Waals surface area contributed by atoms with Crippen LogP contribution in [0.15, 0.2) is 47.0 Å². The molecule has 0 saturated heterocycles. The molecule has 0 fully saturated rings. The first-order chi connectivity index (χ1) is 10.1. The Morgan fingerprint density at radius 3 is 2.52 bits per heavy atom. The highest BCUT2D eigenvalue weighted by molar-refractivity contribution is 6.33. The van der Waals surface area contributed by atoms with Crippen molar-refractivity contribution in [3.8, 4) is 22.4 Å². The summed E-state index contributed by atoms with van der Waals surface area (Å²) in [4.78, 5) is 0. The fourth-order valence-corrected chi connectivity index (χ4v) is 2.35. The highest BCUT2D eigenvalue weighted by Crippen LogP contribution is 2.39. The van der Waals surface area contributed by atoms with Crippen molar-refractivity contribution in [2.45, 2.75) is 0 Å². The number of nitrogen functional groups attached to an aromatic ring is 1. The Kier molecular flexibility index (Phi) is 3.35. The molecule has 21 heavy (non-hydrogen) atoms. The summed E-state index contributed by atoms with van der Waals surface area (Å²) in [6.45, 7) is 0. The molecule has 0 radical (unpaired) electrons. The van der Waals surface area contributed by atoms with Crippen LogP contribution in [0.1, 0.15) is 0 Å². The lowest BCUT2D eigenvalue weighted by Gasteiger charge is -2.05. The molecule has 0 unspecified atom stereocenters. The quantitative estimate of drug-likeness (QED) is 0.757. The second kappa shape index (κ2) is 5.18. The van der Waals surface area contributed by atoms with Crippen LogP contribution in [0.2, 0.25) is 5.02 Å². The molecular weight excluding hydrogens is 298 g/mol. The fourth-order valence-electron chi connectivity index (χ4n) is 2.09. The van der Waals surface area contributed by atoms with Crippen LogP contribution in [-0.2, 0) is 0 Å². The van der Waals surface area contributed by atoms with Crippen LogP contribution in [0.5, 0.6) is 0 Å². The SMILES string of the molecule is Nc1onc(-c2ccc(F)cc2Cl)c1-c1ccccc1F. The lowest BCUT2D eigenvalue weighted by atomic mass is 10.0. The summed E-state index contributed by atoms with van der Waals surface area (Å²) in [5.41, 5.74) is 6.96. The zero-order chi connectivity index (χ0) is 15.0. The average Bonchev–Trinajstić information content (AvgIpc) is 2.81. The van der Waals surface area contributed by atoms with Crippen molar-refractivity contribution in [2.75, 3.05) is 5.73 Å². The summed E-state index contributed by atoms with van der Waals surface area (Å²) >= 11 is 6.02. The van der Waals surface area contributed by atoms with E-state index in [4.69, 9.17) is 21.9 Å². The second-order valence-corrected chi connectivity index (χ2v) is 4.78. The van der Waals surface area contributed by atoms with Crippen molar-refractivity contribution < 1.29 is 13.3 Å². The molecule has 1 heterocycles. The van der Waals surface area contributed by atoms with Crippen molar-refractivity contribution in [3.63, 3.8) is 0 Å². The maximum atomic E-state index is 14.0. The summed E-state index contributed by atoms with van der Waals surface area (Å²) in [7, 11) is 0. The smallest absolute Gasteiger partial charge is 0.230 e. The van der Waals surface area contributed by atoms with Crippen LogP contribution in [0, 0.1) is 11.6 Å². The molecule has 0 atom stereocenters. The molecule has 0 saturated carbocycles. The number of benzene rings is 2. The van der Waals surface area contributed by atoms with Gasteiger partial charge in [-0.2, -0.15) is 0 Å². The molecule has 106 valence electrons. The first kappa shape index (κ1) is 13.6. The van der Waals surface area contributed by atoms with Gasteiger partial charge in [0.25, 0.3) is 0 Å². The Labute approximate surface area is 123 Å². The molecule has 0 bridgehead atoms. The minimum absolute atomic E-state index is 0.0320. The van der Waals surface area contributed by atoms with E-state index in [1.54, 1.807) is 18.2 Å². The van der Waals surface area contributed by atoms with Gasteiger partial charge in [-0.25, -0.2) is 8.78 Å². The molecular formula is C15H9ClF2N2O. The van der Waals surface area contributed by atoms with Crippen LogP contribution in [0.4, 0.5) is 14.7 Å². The zero-order valence-corrected chi connectivity index (χ0v) is 11.4. The van der Waals surface area contributed by atoms with E-state index in [1.165, 1.54) is 18.2 Å². The van der Waals surface area contributed by atoms with Crippen LogP contribution in [0.25, 0.3) is 22.4 Å². The van der Waals surface area contributed by atoms with Crippen LogP contribution < -0.4 is 5.73 Å². The molecule has 0 aliphatic carbocycles. The van der Waals surface area contributed by atoms with E-state index in [0.29, 0.717) is 11.1 Å². The normalized spacial score (nSPS) is 10.8. The van der Waals surface area contributed by atoms with E-state index < -0.39 is 11.6 Å². The van der Waals surface area contributed by atoms with E-state index in [0.717, 1.165) is 6.07 Å². The third kappa shape index (κ3) is 2.36. The highest BCUT2D eigenvalue weighted by atomic mass is 35.5. The summed E-state index contributed by atoms with van der Waals surface area (Å²) in [5.74, 6) is -0.977. The van der Waals surface area contributed by atoms with E-state index in [1.807, 2.05) is 0 Å². The van der Waals surface area contributed by atoms with Gasteiger partial charge in [0.1, 0.15) is 17.3 Å². The Bertz CT molecular complexity index is 817.